The lowest BCUT2D eigenvalue weighted by atomic mass is 9.76. The maximum absolute atomic E-state index is 13.4. The van der Waals surface area contributed by atoms with E-state index in [-0.39, 0.29) is 11.9 Å². The average Bonchev–Trinajstić information content (AvgIpc) is 3.48. The third-order valence-corrected chi connectivity index (χ3v) is 8.83. The van der Waals surface area contributed by atoms with E-state index < -0.39 is 0 Å². The first kappa shape index (κ1) is 27.9. The fraction of sp³-hybridized carbons (Fsp3) is 0.688. The quantitative estimate of drug-likeness (QED) is 0.257. The van der Waals surface area contributed by atoms with Crippen LogP contribution in [0.25, 0.3) is 0 Å². The molecule has 5 nitrogen and oxygen atoms in total. The number of pyridine rings is 1. The number of anilines is 1. The Labute approximate surface area is 225 Å². The average molecular weight is 508 g/mol. The molecule has 3 heterocycles. The van der Waals surface area contributed by atoms with Crippen molar-refractivity contribution in [2.45, 2.75) is 110 Å². The zero-order chi connectivity index (χ0) is 25.9. The molecular weight excluding hydrogens is 458 g/mol. The van der Waals surface area contributed by atoms with E-state index in [0.717, 1.165) is 49.1 Å². The maximum atomic E-state index is 13.4. The Kier molecular flexibility index (Phi) is 11.1. The molecule has 0 N–H and O–H groups in total. The molecule has 0 radical (unpaired) electrons. The van der Waals surface area contributed by atoms with Gasteiger partial charge in [0, 0.05) is 25.3 Å². The van der Waals surface area contributed by atoms with Gasteiger partial charge >= 0.3 is 0 Å². The molecule has 1 atom stereocenters. The smallest absolute Gasteiger partial charge is 0.295 e. The molecule has 1 saturated heterocycles. The van der Waals surface area contributed by atoms with Crippen molar-refractivity contribution in [1.82, 2.24) is 9.88 Å². The minimum atomic E-state index is -0.0831. The van der Waals surface area contributed by atoms with Gasteiger partial charge < -0.3 is 9.32 Å². The topological polar surface area (TPSA) is 49.6 Å². The first-order valence-electron chi connectivity index (χ1n) is 15.2. The summed E-state index contributed by atoms with van der Waals surface area (Å²) < 4.78 is 5.48. The molecule has 2 aromatic rings. The van der Waals surface area contributed by atoms with Crippen LogP contribution < -0.4 is 4.90 Å². The number of amides is 1. The standard InChI is InChI=1S/C32H49N3O2/c1-3-4-5-6-8-14-28(27-12-9-7-10-13-27)18-21-34-22-19-29(20-23-34)35(31-17-16-26(2)25-33-31)32(36)30-15-11-24-37-30/h11,15-17,24-25,27-29H,3-10,12-14,18-23H2,1-2H3. The van der Waals surface area contributed by atoms with Crippen LogP contribution in [0.5, 0.6) is 0 Å². The summed E-state index contributed by atoms with van der Waals surface area (Å²) in [6.07, 6.45) is 22.3. The van der Waals surface area contributed by atoms with E-state index in [1.165, 1.54) is 83.6 Å². The van der Waals surface area contributed by atoms with Gasteiger partial charge in [0.15, 0.2) is 5.76 Å². The lowest BCUT2D eigenvalue weighted by Gasteiger charge is -2.39. The second kappa shape index (κ2) is 14.7. The van der Waals surface area contributed by atoms with Crippen LogP contribution in [0.4, 0.5) is 5.82 Å². The molecule has 1 amide bonds. The number of unbranched alkanes of at least 4 members (excludes halogenated alkanes) is 4. The van der Waals surface area contributed by atoms with Gasteiger partial charge in [-0.2, -0.15) is 0 Å². The highest BCUT2D eigenvalue weighted by Crippen LogP contribution is 2.35. The van der Waals surface area contributed by atoms with Gasteiger partial charge in [-0.1, -0.05) is 83.6 Å². The Bertz CT molecular complexity index is 897. The van der Waals surface area contributed by atoms with E-state index >= 15 is 0 Å². The third-order valence-electron chi connectivity index (χ3n) is 8.83. The van der Waals surface area contributed by atoms with Gasteiger partial charge in [-0.3, -0.25) is 9.69 Å². The van der Waals surface area contributed by atoms with Crippen LogP contribution >= 0.6 is 0 Å². The Morgan fingerprint density at radius 3 is 2.49 bits per heavy atom. The monoisotopic (exact) mass is 507 g/mol. The van der Waals surface area contributed by atoms with E-state index in [0.29, 0.717) is 5.76 Å². The summed E-state index contributed by atoms with van der Waals surface area (Å²) in [5.41, 5.74) is 1.10. The van der Waals surface area contributed by atoms with E-state index in [2.05, 4.69) is 16.8 Å². The molecule has 2 fully saturated rings. The predicted octanol–water partition coefficient (Wildman–Crippen LogP) is 8.04. The first-order valence-corrected chi connectivity index (χ1v) is 15.2. The fourth-order valence-electron chi connectivity index (χ4n) is 6.56. The van der Waals surface area contributed by atoms with Crippen LogP contribution in [0, 0.1) is 18.8 Å². The van der Waals surface area contributed by atoms with Gasteiger partial charge in [0.25, 0.3) is 5.91 Å². The molecule has 0 spiro atoms. The van der Waals surface area contributed by atoms with Crippen LogP contribution in [0.2, 0.25) is 0 Å². The molecule has 4 rings (SSSR count). The van der Waals surface area contributed by atoms with Gasteiger partial charge in [0.2, 0.25) is 0 Å². The van der Waals surface area contributed by atoms with Crippen molar-refractivity contribution in [2.75, 3.05) is 24.5 Å². The van der Waals surface area contributed by atoms with Gasteiger partial charge in [0.1, 0.15) is 5.82 Å². The number of likely N-dealkylation sites (tertiary alicyclic amines) is 1. The maximum Gasteiger partial charge on any atom is 0.295 e. The Hall–Kier alpha value is -2.14. The first-order chi connectivity index (χ1) is 18.2. The molecule has 1 unspecified atom stereocenters. The van der Waals surface area contributed by atoms with Crippen molar-refractivity contribution in [1.29, 1.82) is 0 Å². The number of rotatable bonds is 13. The van der Waals surface area contributed by atoms with Gasteiger partial charge in [-0.15, -0.1) is 0 Å². The third kappa shape index (κ3) is 8.17. The summed E-state index contributed by atoms with van der Waals surface area (Å²) in [6.45, 7) is 7.63. The zero-order valence-corrected chi connectivity index (χ0v) is 23.4. The zero-order valence-electron chi connectivity index (χ0n) is 23.4. The van der Waals surface area contributed by atoms with E-state index in [4.69, 9.17) is 4.42 Å². The number of carbonyl (C=O) groups excluding carboxylic acids is 1. The highest BCUT2D eigenvalue weighted by molar-refractivity contribution is 6.04. The number of nitrogens with zero attached hydrogens (tertiary/aromatic N) is 3. The molecule has 0 aromatic carbocycles. The van der Waals surface area contributed by atoms with Crippen LogP contribution in [-0.4, -0.2) is 41.5 Å². The van der Waals surface area contributed by atoms with Crippen molar-refractivity contribution in [3.8, 4) is 0 Å². The highest BCUT2D eigenvalue weighted by atomic mass is 16.3. The van der Waals surface area contributed by atoms with Crippen molar-refractivity contribution < 1.29 is 9.21 Å². The molecule has 1 aliphatic heterocycles. The van der Waals surface area contributed by atoms with E-state index in [1.807, 2.05) is 30.2 Å². The summed E-state index contributed by atoms with van der Waals surface area (Å²) in [7, 11) is 0. The number of aromatic nitrogens is 1. The van der Waals surface area contributed by atoms with Gasteiger partial charge in [-0.25, -0.2) is 4.98 Å². The lowest BCUT2D eigenvalue weighted by Crippen LogP contribution is -2.48. The van der Waals surface area contributed by atoms with Crippen molar-refractivity contribution in [3.63, 3.8) is 0 Å². The van der Waals surface area contributed by atoms with Crippen molar-refractivity contribution in [2.24, 2.45) is 11.8 Å². The molecule has 0 bridgehead atoms. The SMILES string of the molecule is CCCCCCCC(CCN1CCC(N(C(=O)c2ccco2)c2ccc(C)cn2)CC1)C1CCCCC1. The number of piperidine rings is 1. The molecular formula is C32H49N3O2. The molecule has 5 heteroatoms. The van der Waals surface area contributed by atoms with Crippen LogP contribution in [-0.2, 0) is 0 Å². The summed E-state index contributed by atoms with van der Waals surface area (Å²) in [5.74, 6) is 2.88. The summed E-state index contributed by atoms with van der Waals surface area (Å²) >= 11 is 0. The number of furan rings is 1. The van der Waals surface area contributed by atoms with Crippen molar-refractivity contribution in [3.05, 3.63) is 48.0 Å². The van der Waals surface area contributed by atoms with Crippen LogP contribution in [0.3, 0.4) is 0 Å². The van der Waals surface area contributed by atoms with Crippen molar-refractivity contribution >= 4 is 11.7 Å². The van der Waals surface area contributed by atoms with E-state index in [1.54, 1.807) is 18.4 Å². The summed E-state index contributed by atoms with van der Waals surface area (Å²) in [5, 5.41) is 0. The lowest BCUT2D eigenvalue weighted by molar-refractivity contribution is 0.0928. The molecule has 2 aromatic heterocycles. The summed E-state index contributed by atoms with van der Waals surface area (Å²) in [4.78, 5) is 22.6. The normalized spacial score (nSPS) is 18.6. The number of hydrogen-bond donors (Lipinski definition) is 0. The van der Waals surface area contributed by atoms with Crippen LogP contribution in [0.15, 0.2) is 41.1 Å². The second-order valence-electron chi connectivity index (χ2n) is 11.6. The largest absolute Gasteiger partial charge is 0.459 e. The predicted molar refractivity (Wildman–Crippen MR) is 152 cm³/mol. The molecule has 37 heavy (non-hydrogen) atoms. The molecule has 2 aliphatic rings. The van der Waals surface area contributed by atoms with Crippen LogP contribution in [0.1, 0.15) is 113 Å². The minimum absolute atomic E-state index is 0.0831. The molecule has 1 aliphatic carbocycles. The van der Waals surface area contributed by atoms with Gasteiger partial charge in [-0.05, 0) is 68.3 Å². The second-order valence-corrected chi connectivity index (χ2v) is 11.6. The molecule has 1 saturated carbocycles. The molecule has 204 valence electrons. The number of carbonyl (C=O) groups is 1. The Morgan fingerprint density at radius 2 is 1.81 bits per heavy atom. The van der Waals surface area contributed by atoms with E-state index in [9.17, 15) is 4.79 Å². The highest BCUT2D eigenvalue weighted by Gasteiger charge is 2.32. The number of aryl methyl sites for hydroxylation is 1. The summed E-state index contributed by atoms with van der Waals surface area (Å²) in [6, 6.07) is 7.69. The number of hydrogen-bond acceptors (Lipinski definition) is 4. The van der Waals surface area contributed by atoms with Gasteiger partial charge in [0.05, 0.1) is 6.26 Å². The minimum Gasteiger partial charge on any atom is -0.459 e. The Morgan fingerprint density at radius 1 is 1.03 bits per heavy atom. The fourth-order valence-corrected chi connectivity index (χ4v) is 6.56. The Balaban J connectivity index is 1.32.